The number of esters is 2. The summed E-state index contributed by atoms with van der Waals surface area (Å²) in [5.74, 6) is -1.48. The Balaban J connectivity index is 2.58. The van der Waals surface area contributed by atoms with Crippen LogP contribution in [0.5, 0.6) is 0 Å². The summed E-state index contributed by atoms with van der Waals surface area (Å²) in [6.07, 6.45) is 2.47. The molecule has 0 spiro atoms. The third-order valence-electron chi connectivity index (χ3n) is 3.39. The standard InChI is InChI=1S/C17H25NO7/c1-17(2,3)25-16(22)18-10-5-6-13(19)12(18)9-11-24-15(21)8-7-14(20)23-4/h7-8,12H,5-6,9-11H2,1-4H3/b8-7+. The minimum Gasteiger partial charge on any atom is -0.466 e. The van der Waals surface area contributed by atoms with Gasteiger partial charge in [-0.1, -0.05) is 0 Å². The lowest BCUT2D eigenvalue weighted by Gasteiger charge is -2.35. The predicted molar refractivity (Wildman–Crippen MR) is 87.7 cm³/mol. The first kappa shape index (κ1) is 20.7. The third kappa shape index (κ3) is 7.36. The molecule has 1 aliphatic rings. The predicted octanol–water partition coefficient (Wildman–Crippen LogP) is 1.62. The van der Waals surface area contributed by atoms with E-state index < -0.39 is 29.7 Å². The average molecular weight is 355 g/mol. The van der Waals surface area contributed by atoms with Crippen molar-refractivity contribution < 1.29 is 33.4 Å². The Morgan fingerprint density at radius 1 is 1.20 bits per heavy atom. The largest absolute Gasteiger partial charge is 0.466 e. The summed E-state index contributed by atoms with van der Waals surface area (Å²) in [5, 5.41) is 0. The molecule has 8 nitrogen and oxygen atoms in total. The number of piperidine rings is 1. The Hall–Kier alpha value is -2.38. The van der Waals surface area contributed by atoms with E-state index in [1.54, 1.807) is 20.8 Å². The van der Waals surface area contributed by atoms with Gasteiger partial charge in [-0.05, 0) is 27.2 Å². The van der Waals surface area contributed by atoms with E-state index in [1.807, 2.05) is 0 Å². The fraction of sp³-hybridized carbons (Fsp3) is 0.647. The highest BCUT2D eigenvalue weighted by Gasteiger charge is 2.35. The molecule has 0 bridgehead atoms. The molecule has 1 rings (SSSR count). The van der Waals surface area contributed by atoms with Gasteiger partial charge < -0.3 is 14.2 Å². The van der Waals surface area contributed by atoms with Crippen LogP contribution < -0.4 is 0 Å². The number of hydrogen-bond donors (Lipinski definition) is 0. The molecule has 140 valence electrons. The molecule has 0 N–H and O–H groups in total. The molecule has 0 saturated carbocycles. The Morgan fingerprint density at radius 2 is 1.84 bits per heavy atom. The summed E-state index contributed by atoms with van der Waals surface area (Å²) in [5.41, 5.74) is -0.659. The van der Waals surface area contributed by atoms with E-state index in [4.69, 9.17) is 9.47 Å². The van der Waals surface area contributed by atoms with Crippen LogP contribution in [0.4, 0.5) is 4.79 Å². The fourth-order valence-electron chi connectivity index (χ4n) is 2.30. The zero-order valence-electron chi connectivity index (χ0n) is 15.1. The molecule has 0 aromatic carbocycles. The quantitative estimate of drug-likeness (QED) is 0.420. The number of Topliss-reactive ketones (excluding diaryl/α,β-unsaturated/α-hetero) is 1. The van der Waals surface area contributed by atoms with E-state index in [1.165, 1.54) is 12.0 Å². The maximum atomic E-state index is 12.3. The van der Waals surface area contributed by atoms with Crippen LogP contribution in [-0.2, 0) is 28.6 Å². The smallest absolute Gasteiger partial charge is 0.410 e. The van der Waals surface area contributed by atoms with Crippen molar-refractivity contribution in [2.24, 2.45) is 0 Å². The molecular weight excluding hydrogens is 330 g/mol. The highest BCUT2D eigenvalue weighted by Crippen LogP contribution is 2.20. The van der Waals surface area contributed by atoms with Crippen molar-refractivity contribution in [3.05, 3.63) is 12.2 Å². The van der Waals surface area contributed by atoms with Crippen molar-refractivity contribution in [3.8, 4) is 0 Å². The van der Waals surface area contributed by atoms with Crippen molar-refractivity contribution in [2.45, 2.75) is 51.7 Å². The first-order valence-electron chi connectivity index (χ1n) is 8.09. The Morgan fingerprint density at radius 3 is 2.44 bits per heavy atom. The number of methoxy groups -OCH3 is 1. The van der Waals surface area contributed by atoms with Crippen LogP contribution in [0.2, 0.25) is 0 Å². The Bertz CT molecular complexity index is 548. The van der Waals surface area contributed by atoms with E-state index in [-0.39, 0.29) is 18.8 Å². The minimum absolute atomic E-state index is 0.0555. The lowest BCUT2D eigenvalue weighted by atomic mass is 9.98. The second-order valence-corrected chi connectivity index (χ2v) is 6.57. The van der Waals surface area contributed by atoms with Gasteiger partial charge in [-0.2, -0.15) is 0 Å². The summed E-state index contributed by atoms with van der Waals surface area (Å²) in [6.45, 7) is 5.62. The summed E-state index contributed by atoms with van der Waals surface area (Å²) in [6, 6.07) is -0.680. The van der Waals surface area contributed by atoms with Gasteiger partial charge in [0, 0.05) is 31.5 Å². The number of carbonyl (C=O) groups is 4. The lowest BCUT2D eigenvalue weighted by molar-refractivity contribution is -0.140. The number of ketones is 1. The molecule has 1 fully saturated rings. The number of amides is 1. The number of carbonyl (C=O) groups excluding carboxylic acids is 4. The second-order valence-electron chi connectivity index (χ2n) is 6.57. The first-order chi connectivity index (χ1) is 11.6. The maximum Gasteiger partial charge on any atom is 0.410 e. The summed E-state index contributed by atoms with van der Waals surface area (Å²) < 4.78 is 14.6. The fourth-order valence-corrected chi connectivity index (χ4v) is 2.30. The zero-order valence-corrected chi connectivity index (χ0v) is 15.1. The molecule has 1 heterocycles. The van der Waals surface area contributed by atoms with Gasteiger partial charge in [0.2, 0.25) is 0 Å². The van der Waals surface area contributed by atoms with E-state index in [0.29, 0.717) is 19.4 Å². The summed E-state index contributed by atoms with van der Waals surface area (Å²) >= 11 is 0. The van der Waals surface area contributed by atoms with Crippen molar-refractivity contribution in [1.82, 2.24) is 4.90 Å². The Labute approximate surface area is 147 Å². The topological polar surface area (TPSA) is 99.2 Å². The molecule has 0 aromatic heterocycles. The number of ether oxygens (including phenoxy) is 3. The van der Waals surface area contributed by atoms with Crippen LogP contribution in [0.3, 0.4) is 0 Å². The molecule has 1 saturated heterocycles. The maximum absolute atomic E-state index is 12.3. The highest BCUT2D eigenvalue weighted by molar-refractivity contribution is 5.91. The van der Waals surface area contributed by atoms with Gasteiger partial charge in [-0.15, -0.1) is 0 Å². The van der Waals surface area contributed by atoms with Crippen molar-refractivity contribution in [1.29, 1.82) is 0 Å². The zero-order chi connectivity index (χ0) is 19.0. The van der Waals surface area contributed by atoms with Gasteiger partial charge in [0.1, 0.15) is 5.60 Å². The van der Waals surface area contributed by atoms with Crippen molar-refractivity contribution in [3.63, 3.8) is 0 Å². The van der Waals surface area contributed by atoms with Gasteiger partial charge in [-0.3, -0.25) is 9.69 Å². The van der Waals surface area contributed by atoms with Crippen LogP contribution in [0.1, 0.15) is 40.0 Å². The number of hydrogen-bond acceptors (Lipinski definition) is 7. The summed E-state index contributed by atoms with van der Waals surface area (Å²) in [7, 11) is 1.19. The van der Waals surface area contributed by atoms with Crippen molar-refractivity contribution in [2.75, 3.05) is 20.3 Å². The van der Waals surface area contributed by atoms with Crippen LogP contribution >= 0.6 is 0 Å². The lowest BCUT2D eigenvalue weighted by Crippen LogP contribution is -2.51. The highest BCUT2D eigenvalue weighted by atomic mass is 16.6. The monoisotopic (exact) mass is 355 g/mol. The van der Waals surface area contributed by atoms with E-state index in [2.05, 4.69) is 4.74 Å². The number of likely N-dealkylation sites (tertiary alicyclic amines) is 1. The van der Waals surface area contributed by atoms with Gasteiger partial charge in [0.15, 0.2) is 5.78 Å². The van der Waals surface area contributed by atoms with Crippen LogP contribution in [0.25, 0.3) is 0 Å². The van der Waals surface area contributed by atoms with Gasteiger partial charge >= 0.3 is 18.0 Å². The van der Waals surface area contributed by atoms with E-state index in [9.17, 15) is 19.2 Å². The Kier molecular flexibility index (Phi) is 7.60. The summed E-state index contributed by atoms with van der Waals surface area (Å²) in [4.78, 5) is 48.2. The molecule has 0 aromatic rings. The first-order valence-corrected chi connectivity index (χ1v) is 8.09. The minimum atomic E-state index is -0.725. The second kappa shape index (κ2) is 9.19. The normalized spacial score (nSPS) is 18.2. The average Bonchev–Trinajstić information content (AvgIpc) is 2.52. The SMILES string of the molecule is COC(=O)/C=C/C(=O)OCCC1C(=O)CCCN1C(=O)OC(C)(C)C. The van der Waals surface area contributed by atoms with Gasteiger partial charge in [-0.25, -0.2) is 14.4 Å². The van der Waals surface area contributed by atoms with Crippen LogP contribution in [0.15, 0.2) is 12.2 Å². The molecule has 0 aliphatic carbocycles. The van der Waals surface area contributed by atoms with E-state index >= 15 is 0 Å². The number of nitrogens with zero attached hydrogens (tertiary/aromatic N) is 1. The molecule has 1 amide bonds. The van der Waals surface area contributed by atoms with E-state index in [0.717, 1.165) is 12.2 Å². The van der Waals surface area contributed by atoms with Crippen LogP contribution in [0, 0.1) is 0 Å². The van der Waals surface area contributed by atoms with Gasteiger partial charge in [0.05, 0.1) is 19.8 Å². The van der Waals surface area contributed by atoms with Crippen molar-refractivity contribution >= 4 is 23.8 Å². The molecule has 8 heteroatoms. The third-order valence-corrected chi connectivity index (χ3v) is 3.39. The van der Waals surface area contributed by atoms with Gasteiger partial charge in [0.25, 0.3) is 0 Å². The molecule has 25 heavy (non-hydrogen) atoms. The molecule has 1 aliphatic heterocycles. The number of rotatable bonds is 5. The molecule has 1 atom stereocenters. The molecule has 1 unspecified atom stereocenters. The van der Waals surface area contributed by atoms with Crippen LogP contribution in [-0.4, -0.2) is 60.6 Å². The molecular formula is C17H25NO7. The molecule has 0 radical (unpaired) electrons.